The normalized spacial score (nSPS) is 23.3. The first kappa shape index (κ1) is 75.7. The number of nitrogens with zero attached hydrogens (tertiary/aromatic N) is 4. The second-order valence-corrected chi connectivity index (χ2v) is 28.0. The Labute approximate surface area is 581 Å². The van der Waals surface area contributed by atoms with Crippen LogP contribution in [0.1, 0.15) is 133 Å². The standard InChI is InChI=1S/C66H84ClN9O23S/c1-34(2)53(72-46(78)17-9-8-12-23-76-47(79)29-45(67)100(76,90)91)60(85)71-40(15-10-11-22-69-63(68)86)59(84)70-37-20-18-36(19-21-37)32-95-64(87)73(4)24-25-74(5)65(88)96-33-44(77)66(89)30-39-50(57(83)52-51(55(39)81)54(80)38-14-13-16-42(92-6)49(38)56(52)82)43(31-66)98-48-28-41-58(35(3)97-48)99-61-62(93-7)94-27-26-75(41)61/h13-14,16,18-21,29,34-35,40-41,43,48,53,58,61-62,81,83,89H,8-12,15,17,22-28,30-33H2,1-7H3,(H,70,84)(H,71,85)(H,72,78)(H3,68,69,86)/t35-,40-,41-,43-,48-,53-,58+,61+,62-,66-/m0/s1. The van der Waals surface area contributed by atoms with Crippen molar-refractivity contribution in [2.24, 2.45) is 11.7 Å². The van der Waals surface area contributed by atoms with Gasteiger partial charge in [0.2, 0.25) is 29.3 Å². The maximum absolute atomic E-state index is 14.3. The molecular formula is C66H84ClN9O23S. The van der Waals surface area contributed by atoms with Gasteiger partial charge >= 0.3 is 18.2 Å². The predicted molar refractivity (Wildman–Crippen MR) is 352 cm³/mol. The van der Waals surface area contributed by atoms with Crippen molar-refractivity contribution in [3.05, 3.63) is 91.8 Å². The summed E-state index contributed by atoms with van der Waals surface area (Å²) in [6.45, 7) is 4.64. The molecule has 0 saturated carbocycles. The molecule has 4 heterocycles. The maximum atomic E-state index is 14.3. The number of benzene rings is 3. The fourth-order valence-corrected chi connectivity index (χ4v) is 14.4. The molecule has 10 atom stereocenters. The van der Waals surface area contributed by atoms with Crippen LogP contribution in [0.15, 0.2) is 52.9 Å². The number of primary amides is 1. The van der Waals surface area contributed by atoms with Crippen LogP contribution < -0.4 is 31.7 Å². The molecular weight excluding hydrogens is 1350 g/mol. The minimum Gasteiger partial charge on any atom is -0.507 e. The van der Waals surface area contributed by atoms with Crippen LogP contribution in [0.4, 0.5) is 20.1 Å². The third kappa shape index (κ3) is 16.7. The summed E-state index contributed by atoms with van der Waals surface area (Å²) in [5.41, 5.74) is 1.70. The molecule has 2 aliphatic carbocycles. The lowest BCUT2D eigenvalue weighted by Gasteiger charge is -2.43. The van der Waals surface area contributed by atoms with Gasteiger partial charge in [-0.3, -0.25) is 38.5 Å². The number of likely N-dealkylation sites (N-methyl/N-ethyl adjacent to an activating group) is 2. The van der Waals surface area contributed by atoms with Crippen molar-refractivity contribution in [2.45, 2.75) is 152 Å². The lowest BCUT2D eigenvalue weighted by atomic mass is 9.72. The molecule has 100 heavy (non-hydrogen) atoms. The van der Waals surface area contributed by atoms with Gasteiger partial charge in [-0.05, 0) is 68.7 Å². The highest BCUT2D eigenvalue weighted by Crippen LogP contribution is 2.53. The van der Waals surface area contributed by atoms with Crippen molar-refractivity contribution in [2.75, 3.05) is 79.6 Å². The van der Waals surface area contributed by atoms with Crippen LogP contribution in [0, 0.1) is 5.92 Å². The summed E-state index contributed by atoms with van der Waals surface area (Å²) in [7, 11) is 1.50. The number of carbonyl (C=O) groups excluding carboxylic acids is 10. The average Bonchev–Trinajstić information content (AvgIpc) is 0.915. The Morgan fingerprint density at radius 3 is 2.22 bits per heavy atom. The fraction of sp³-hybridized carbons (Fsp3) is 0.545. The van der Waals surface area contributed by atoms with Gasteiger partial charge in [-0.15, -0.1) is 0 Å². The van der Waals surface area contributed by atoms with Gasteiger partial charge < -0.3 is 90.0 Å². The number of morpholine rings is 1. The van der Waals surface area contributed by atoms with Gasteiger partial charge in [0.15, 0.2) is 35.6 Å². The number of hydrogen-bond acceptors (Lipinski definition) is 24. The number of anilines is 1. The first-order chi connectivity index (χ1) is 47.5. The Kier molecular flexibility index (Phi) is 24.5. The van der Waals surface area contributed by atoms with Crippen molar-refractivity contribution in [1.82, 2.24) is 35.0 Å². The number of carbonyl (C=O) groups is 10. The number of sulfonamides is 1. The molecule has 3 aromatic rings. The Bertz CT molecular complexity index is 3800. The molecule has 0 bridgehead atoms. The molecule has 6 aliphatic rings. The Hall–Kier alpha value is -8.54. The molecule has 3 saturated heterocycles. The molecule has 3 fully saturated rings. The summed E-state index contributed by atoms with van der Waals surface area (Å²) < 4.78 is 71.5. The second-order valence-electron chi connectivity index (χ2n) is 25.6. The van der Waals surface area contributed by atoms with Gasteiger partial charge in [-0.1, -0.05) is 56.1 Å². The summed E-state index contributed by atoms with van der Waals surface area (Å²) in [6, 6.07) is 7.36. The summed E-state index contributed by atoms with van der Waals surface area (Å²) in [4.78, 5) is 138. The van der Waals surface area contributed by atoms with E-state index in [2.05, 4.69) is 26.2 Å². The minimum absolute atomic E-state index is 0.0162. The topological polar surface area (TPSA) is 426 Å². The van der Waals surface area contributed by atoms with Crippen LogP contribution in [0.5, 0.6) is 17.2 Å². The lowest BCUT2D eigenvalue weighted by molar-refractivity contribution is -0.256. The van der Waals surface area contributed by atoms with E-state index in [1.54, 1.807) is 45.0 Å². The number of ketones is 3. The van der Waals surface area contributed by atoms with E-state index in [1.807, 2.05) is 0 Å². The number of ether oxygens (including phenoxy) is 8. The fourth-order valence-electron chi connectivity index (χ4n) is 13.0. The average molecular weight is 1440 g/mol. The predicted octanol–water partition coefficient (Wildman–Crippen LogP) is 3.27. The number of hydrogen-bond donors (Lipinski definition) is 8. The Balaban J connectivity index is 0.771. The highest BCUT2D eigenvalue weighted by atomic mass is 35.5. The van der Waals surface area contributed by atoms with Crippen molar-refractivity contribution in [3.8, 4) is 17.2 Å². The molecule has 0 unspecified atom stereocenters. The largest absolute Gasteiger partial charge is 0.507 e. The number of rotatable bonds is 29. The van der Waals surface area contributed by atoms with Crippen molar-refractivity contribution < 1.29 is 110 Å². The van der Waals surface area contributed by atoms with Gasteiger partial charge in [-0.2, -0.15) is 0 Å². The number of halogens is 1. The molecule has 3 aromatic carbocycles. The third-order valence-corrected chi connectivity index (χ3v) is 20.7. The number of aromatic hydroxyl groups is 2. The first-order valence-corrected chi connectivity index (χ1v) is 34.5. The van der Waals surface area contributed by atoms with Gasteiger partial charge in [-0.25, -0.2) is 27.1 Å². The van der Waals surface area contributed by atoms with Crippen LogP contribution in [0.25, 0.3) is 0 Å². The smallest absolute Gasteiger partial charge is 0.409 e. The number of nitrogens with two attached hydrogens (primary N) is 1. The van der Waals surface area contributed by atoms with E-state index in [-0.39, 0.29) is 92.5 Å². The van der Waals surface area contributed by atoms with Gasteiger partial charge in [0, 0.05) is 114 Å². The molecule has 34 heteroatoms. The van der Waals surface area contributed by atoms with E-state index in [0.29, 0.717) is 54.4 Å². The van der Waals surface area contributed by atoms with Gasteiger partial charge in [0.25, 0.3) is 15.9 Å². The number of fused-ring (bicyclic) bond motifs is 6. The van der Waals surface area contributed by atoms with Crippen molar-refractivity contribution >= 4 is 86.5 Å². The minimum atomic E-state index is -4.06. The van der Waals surface area contributed by atoms with E-state index in [4.69, 9.17) is 55.2 Å². The zero-order chi connectivity index (χ0) is 72.7. The number of Topliss-reactive ketones (excluding diaryl/α,β-unsaturated/α-hetero) is 1. The second kappa shape index (κ2) is 32.4. The van der Waals surface area contributed by atoms with E-state index in [0.717, 1.165) is 11.0 Å². The molecule has 0 radical (unpaired) electrons. The number of methoxy groups -OCH3 is 2. The summed E-state index contributed by atoms with van der Waals surface area (Å²) >= 11 is 5.67. The van der Waals surface area contributed by atoms with Gasteiger partial charge in [0.1, 0.15) is 47.6 Å². The quantitative estimate of drug-likeness (QED) is 0.0286. The summed E-state index contributed by atoms with van der Waals surface area (Å²) in [5.74, 6) is -7.08. The third-order valence-electron chi connectivity index (χ3n) is 18.4. The molecule has 9 rings (SSSR count). The van der Waals surface area contributed by atoms with E-state index < -0.39 is 176 Å². The molecule has 32 nitrogen and oxygen atoms in total. The number of aliphatic hydroxyl groups is 1. The van der Waals surface area contributed by atoms with E-state index in [1.165, 1.54) is 51.4 Å². The number of phenolic OH excluding ortho intramolecular Hbond substituents is 2. The van der Waals surface area contributed by atoms with Crippen LogP contribution in [0.3, 0.4) is 0 Å². The molecule has 0 spiro atoms. The van der Waals surface area contributed by atoms with Crippen LogP contribution in [-0.4, -0.2) is 231 Å². The molecule has 9 N–H and O–H groups in total. The lowest BCUT2D eigenvalue weighted by Crippen LogP contribution is -2.55. The number of unbranched alkanes of at least 4 members (excludes halogenated alkanes) is 3. The zero-order valence-corrected chi connectivity index (χ0v) is 57.9. The molecule has 0 aromatic heterocycles. The maximum Gasteiger partial charge on any atom is 0.409 e. The SMILES string of the molecule is COc1cccc2c1C(=O)c1c(O)c3c(c(O)c1C2=O)C[C@@](O)(C(=O)COC(=O)N(C)CCN(C)C(=O)OCc1ccc(NC(=O)[C@H](CCCCNC(N)=O)NC(=O)[C@@H](NC(=O)CCCCCN2C(=O)C=C(Cl)S2(=O)=O)C(C)C)cc1)C[C@@H]3O[C@H]1C[C@H]2[C@H](O[C@@H]3[C@@H](OC)OCCN32)[C@H](C)O1. The van der Waals surface area contributed by atoms with Crippen LogP contribution >= 0.6 is 11.6 Å². The first-order valence-electron chi connectivity index (χ1n) is 32.7. The number of nitrogens with one attached hydrogen (secondary N) is 4. The highest BCUT2D eigenvalue weighted by Gasteiger charge is 2.56. The number of phenols is 2. The molecule has 544 valence electrons. The molecule has 4 aliphatic heterocycles. The zero-order valence-electron chi connectivity index (χ0n) is 56.3. The van der Waals surface area contributed by atoms with Gasteiger partial charge in [0.05, 0.1) is 42.6 Å². The van der Waals surface area contributed by atoms with Crippen molar-refractivity contribution in [3.63, 3.8) is 0 Å². The summed E-state index contributed by atoms with van der Waals surface area (Å²) in [5, 5.41) is 47.4. The summed E-state index contributed by atoms with van der Waals surface area (Å²) in [6.07, 6.45) is -5.21. The highest BCUT2D eigenvalue weighted by molar-refractivity contribution is 7.95. The Morgan fingerprint density at radius 2 is 1.56 bits per heavy atom. The number of urea groups is 1. The van der Waals surface area contributed by atoms with Crippen LogP contribution in [-0.2, 0) is 80.2 Å². The number of amides is 8. The van der Waals surface area contributed by atoms with Crippen molar-refractivity contribution in [1.29, 1.82) is 0 Å². The molecule has 8 amide bonds. The van der Waals surface area contributed by atoms with E-state index >= 15 is 0 Å². The van der Waals surface area contributed by atoms with Crippen LogP contribution in [0.2, 0.25) is 0 Å². The van der Waals surface area contributed by atoms with E-state index in [9.17, 15) is 71.7 Å². The Morgan fingerprint density at radius 1 is 0.860 bits per heavy atom. The monoisotopic (exact) mass is 1440 g/mol.